The molecule has 0 aliphatic carbocycles. The van der Waals surface area contributed by atoms with Gasteiger partial charge >= 0.3 is 0 Å². The van der Waals surface area contributed by atoms with Gasteiger partial charge in [-0.15, -0.1) is 0 Å². The number of aryl methyl sites for hydroxylation is 1. The van der Waals surface area contributed by atoms with E-state index in [4.69, 9.17) is 4.42 Å². The van der Waals surface area contributed by atoms with Crippen LogP contribution in [0.25, 0.3) is 23.2 Å². The highest BCUT2D eigenvalue weighted by Crippen LogP contribution is 2.26. The van der Waals surface area contributed by atoms with Gasteiger partial charge in [0.2, 0.25) is 0 Å². The fourth-order valence-corrected chi connectivity index (χ4v) is 2.85. The van der Waals surface area contributed by atoms with Crippen molar-refractivity contribution >= 4 is 11.9 Å². The SMILES string of the molecule is Cc1ccc(-c2nn(-c3ccccc3)cc2/C=C/C(=O)c2ccc(F)cc2)o1. The van der Waals surface area contributed by atoms with Crippen molar-refractivity contribution in [3.8, 4) is 17.1 Å². The highest BCUT2D eigenvalue weighted by molar-refractivity contribution is 6.07. The molecule has 0 atom stereocenters. The maximum Gasteiger partial charge on any atom is 0.185 e. The summed E-state index contributed by atoms with van der Waals surface area (Å²) in [7, 11) is 0. The van der Waals surface area contributed by atoms with Crippen LogP contribution in [-0.2, 0) is 0 Å². The Bertz CT molecular complexity index is 1140. The van der Waals surface area contributed by atoms with Crippen LogP contribution in [0, 0.1) is 12.7 Å². The number of rotatable bonds is 5. The van der Waals surface area contributed by atoms with E-state index in [9.17, 15) is 9.18 Å². The lowest BCUT2D eigenvalue weighted by Crippen LogP contribution is -1.93. The Morgan fingerprint density at radius 2 is 1.79 bits per heavy atom. The van der Waals surface area contributed by atoms with Crippen LogP contribution in [0.3, 0.4) is 0 Å². The molecule has 0 saturated heterocycles. The summed E-state index contributed by atoms with van der Waals surface area (Å²) in [5.41, 5.74) is 2.70. The number of aromatic nitrogens is 2. The van der Waals surface area contributed by atoms with Gasteiger partial charge in [-0.05, 0) is 67.6 Å². The molecular formula is C23H17FN2O2. The average Bonchev–Trinajstić information content (AvgIpc) is 3.33. The van der Waals surface area contributed by atoms with E-state index in [1.807, 2.05) is 55.6 Å². The van der Waals surface area contributed by atoms with Gasteiger partial charge in [-0.2, -0.15) is 5.10 Å². The molecule has 0 bridgehead atoms. The number of halogens is 1. The molecular weight excluding hydrogens is 355 g/mol. The lowest BCUT2D eigenvalue weighted by molar-refractivity contribution is 0.104. The van der Waals surface area contributed by atoms with Crippen molar-refractivity contribution in [3.05, 3.63) is 102 Å². The molecule has 0 aliphatic rings. The van der Waals surface area contributed by atoms with Gasteiger partial charge in [-0.1, -0.05) is 18.2 Å². The number of benzene rings is 2. The smallest absolute Gasteiger partial charge is 0.185 e. The molecule has 0 fully saturated rings. The summed E-state index contributed by atoms with van der Waals surface area (Å²) in [6.07, 6.45) is 5.00. The fraction of sp³-hybridized carbons (Fsp3) is 0.0435. The van der Waals surface area contributed by atoms with Crippen LogP contribution in [-0.4, -0.2) is 15.6 Å². The lowest BCUT2D eigenvalue weighted by atomic mass is 10.1. The molecule has 0 spiro atoms. The Kier molecular flexibility index (Phi) is 4.72. The molecule has 2 heterocycles. The predicted molar refractivity (Wildman–Crippen MR) is 106 cm³/mol. The molecule has 0 aliphatic heterocycles. The molecule has 4 nitrogen and oxygen atoms in total. The van der Waals surface area contributed by atoms with E-state index in [1.54, 1.807) is 10.8 Å². The quantitative estimate of drug-likeness (QED) is 0.344. The second-order valence-electron chi connectivity index (χ2n) is 6.33. The van der Waals surface area contributed by atoms with Gasteiger partial charge in [0.1, 0.15) is 17.3 Å². The molecule has 2 aromatic carbocycles. The molecule has 4 aromatic rings. The minimum absolute atomic E-state index is 0.214. The summed E-state index contributed by atoms with van der Waals surface area (Å²) >= 11 is 0. The number of hydrogen-bond acceptors (Lipinski definition) is 3. The van der Waals surface area contributed by atoms with Crippen LogP contribution in [0.2, 0.25) is 0 Å². The van der Waals surface area contributed by atoms with Crippen molar-refractivity contribution in [3.63, 3.8) is 0 Å². The minimum Gasteiger partial charge on any atom is -0.460 e. The highest BCUT2D eigenvalue weighted by atomic mass is 19.1. The molecule has 28 heavy (non-hydrogen) atoms. The van der Waals surface area contributed by atoms with Gasteiger partial charge in [0.05, 0.1) is 5.69 Å². The summed E-state index contributed by atoms with van der Waals surface area (Å²) in [6.45, 7) is 1.87. The Morgan fingerprint density at radius 1 is 1.04 bits per heavy atom. The van der Waals surface area contributed by atoms with Crippen molar-refractivity contribution < 1.29 is 13.6 Å². The fourth-order valence-electron chi connectivity index (χ4n) is 2.85. The van der Waals surface area contributed by atoms with Gasteiger partial charge in [-0.3, -0.25) is 4.79 Å². The first-order valence-electron chi connectivity index (χ1n) is 8.80. The molecule has 2 aromatic heterocycles. The maximum absolute atomic E-state index is 13.1. The first kappa shape index (κ1) is 17.7. The van der Waals surface area contributed by atoms with E-state index in [0.717, 1.165) is 17.0 Å². The largest absolute Gasteiger partial charge is 0.460 e. The lowest BCUT2D eigenvalue weighted by Gasteiger charge is -1.98. The van der Waals surface area contributed by atoms with E-state index in [-0.39, 0.29) is 11.6 Å². The summed E-state index contributed by atoms with van der Waals surface area (Å²) < 4.78 is 20.5. The van der Waals surface area contributed by atoms with Gasteiger partial charge in [0, 0.05) is 17.3 Å². The van der Waals surface area contributed by atoms with E-state index < -0.39 is 0 Å². The summed E-state index contributed by atoms with van der Waals surface area (Å²) in [5.74, 6) is 0.817. The number of carbonyl (C=O) groups excluding carboxylic acids is 1. The van der Waals surface area contributed by atoms with Crippen LogP contribution in [0.15, 0.2) is 83.4 Å². The molecule has 138 valence electrons. The van der Waals surface area contributed by atoms with Crippen LogP contribution < -0.4 is 0 Å². The predicted octanol–water partition coefficient (Wildman–Crippen LogP) is 5.48. The van der Waals surface area contributed by atoms with Crippen LogP contribution >= 0.6 is 0 Å². The average molecular weight is 372 g/mol. The van der Waals surface area contributed by atoms with E-state index in [2.05, 4.69) is 5.10 Å². The minimum atomic E-state index is -0.375. The second-order valence-corrected chi connectivity index (χ2v) is 6.33. The maximum atomic E-state index is 13.1. The molecule has 0 radical (unpaired) electrons. The number of hydrogen-bond donors (Lipinski definition) is 0. The van der Waals surface area contributed by atoms with Gasteiger partial charge in [0.25, 0.3) is 0 Å². The highest BCUT2D eigenvalue weighted by Gasteiger charge is 2.14. The molecule has 0 amide bonds. The Morgan fingerprint density at radius 3 is 2.46 bits per heavy atom. The Balaban J connectivity index is 1.71. The van der Waals surface area contributed by atoms with Crippen molar-refractivity contribution in [2.75, 3.05) is 0 Å². The zero-order valence-corrected chi connectivity index (χ0v) is 15.2. The Hall–Kier alpha value is -3.73. The van der Waals surface area contributed by atoms with Crippen LogP contribution in [0.5, 0.6) is 0 Å². The van der Waals surface area contributed by atoms with Crippen molar-refractivity contribution in [2.45, 2.75) is 6.92 Å². The number of allylic oxidation sites excluding steroid dienone is 1. The summed E-state index contributed by atoms with van der Waals surface area (Å²) in [5, 5.41) is 4.64. The third kappa shape index (κ3) is 3.69. The van der Waals surface area contributed by atoms with E-state index in [1.165, 1.54) is 30.3 Å². The van der Waals surface area contributed by atoms with E-state index >= 15 is 0 Å². The standard InChI is InChI=1S/C23H17FN2O2/c1-16-7-14-22(28-16)23-18(15-26(25-23)20-5-3-2-4-6-20)10-13-21(27)17-8-11-19(24)12-9-17/h2-15H,1H3/b13-10+. The number of ketones is 1. The first-order valence-corrected chi connectivity index (χ1v) is 8.80. The normalized spacial score (nSPS) is 11.2. The number of carbonyl (C=O) groups is 1. The molecule has 0 unspecified atom stereocenters. The van der Waals surface area contributed by atoms with E-state index in [0.29, 0.717) is 17.0 Å². The molecule has 0 N–H and O–H groups in total. The van der Waals surface area contributed by atoms with Gasteiger partial charge < -0.3 is 4.42 Å². The van der Waals surface area contributed by atoms with Gasteiger partial charge in [0.15, 0.2) is 11.5 Å². The third-order valence-corrected chi connectivity index (χ3v) is 4.28. The first-order chi connectivity index (χ1) is 13.6. The van der Waals surface area contributed by atoms with Gasteiger partial charge in [-0.25, -0.2) is 9.07 Å². The number of nitrogens with zero attached hydrogens (tertiary/aromatic N) is 2. The monoisotopic (exact) mass is 372 g/mol. The van der Waals surface area contributed by atoms with Crippen LogP contribution in [0.4, 0.5) is 4.39 Å². The van der Waals surface area contributed by atoms with Crippen molar-refractivity contribution in [1.82, 2.24) is 9.78 Å². The summed E-state index contributed by atoms with van der Waals surface area (Å²) in [6, 6.07) is 18.9. The molecule has 5 heteroatoms. The zero-order valence-electron chi connectivity index (χ0n) is 15.2. The number of furan rings is 1. The molecule has 0 saturated carbocycles. The zero-order chi connectivity index (χ0) is 19.5. The van der Waals surface area contributed by atoms with Crippen molar-refractivity contribution in [2.24, 2.45) is 0 Å². The molecule has 4 rings (SSSR count). The number of para-hydroxylation sites is 1. The second kappa shape index (κ2) is 7.48. The third-order valence-electron chi connectivity index (χ3n) is 4.28. The van der Waals surface area contributed by atoms with Crippen LogP contribution in [0.1, 0.15) is 21.7 Å². The summed E-state index contributed by atoms with van der Waals surface area (Å²) in [4.78, 5) is 12.4. The topological polar surface area (TPSA) is 48.0 Å². The Labute approximate surface area is 161 Å². The van der Waals surface area contributed by atoms with Crippen molar-refractivity contribution in [1.29, 1.82) is 0 Å².